The van der Waals surface area contributed by atoms with Crippen LogP contribution in [0, 0.1) is 5.41 Å². The Morgan fingerprint density at radius 2 is 2.22 bits per heavy atom. The highest BCUT2D eigenvalue weighted by molar-refractivity contribution is 8.00. The molecule has 0 saturated carbocycles. The van der Waals surface area contributed by atoms with Gasteiger partial charge in [-0.1, -0.05) is 0 Å². The average Bonchev–Trinajstić information content (AvgIpc) is 3.20. The van der Waals surface area contributed by atoms with E-state index in [1.54, 1.807) is 0 Å². The summed E-state index contributed by atoms with van der Waals surface area (Å²) in [6, 6.07) is -1.66. The Hall–Kier alpha value is -2.67. The lowest BCUT2D eigenvalue weighted by atomic mass is 9.89. The van der Waals surface area contributed by atoms with E-state index in [1.807, 2.05) is 0 Å². The summed E-state index contributed by atoms with van der Waals surface area (Å²) < 4.78 is 5.06. The van der Waals surface area contributed by atoms with Crippen molar-refractivity contribution in [3.8, 4) is 0 Å². The summed E-state index contributed by atoms with van der Waals surface area (Å²) >= 11 is 2.29. The second-order valence-corrected chi connectivity index (χ2v) is 8.30. The van der Waals surface area contributed by atoms with Crippen LogP contribution in [-0.4, -0.2) is 73.3 Å². The molecule has 1 aromatic heterocycles. The number of hydrogen-bond acceptors (Lipinski definition) is 10. The topological polar surface area (TPSA) is 176 Å². The van der Waals surface area contributed by atoms with E-state index >= 15 is 0 Å². The van der Waals surface area contributed by atoms with Gasteiger partial charge in [-0.05, 0) is 0 Å². The number of carboxylic acids is 1. The smallest absolute Gasteiger partial charge is 0.371 e. The minimum absolute atomic E-state index is 0.0865. The van der Waals surface area contributed by atoms with Gasteiger partial charge in [0.05, 0.1) is 17.7 Å². The van der Waals surface area contributed by atoms with Gasteiger partial charge in [-0.15, -0.1) is 23.1 Å². The molecule has 2 amide bonds. The molecule has 0 aromatic carbocycles. The van der Waals surface area contributed by atoms with Crippen LogP contribution in [0.5, 0.6) is 0 Å². The van der Waals surface area contributed by atoms with Crippen molar-refractivity contribution < 1.29 is 29.0 Å². The molecule has 13 heteroatoms. The molecule has 5 N–H and O–H groups in total. The number of anilines is 1. The quantitative estimate of drug-likeness (QED) is 0.264. The molecule has 4 atom stereocenters. The molecule has 0 spiro atoms. The molecule has 4 rings (SSSR count). The van der Waals surface area contributed by atoms with Crippen molar-refractivity contribution in [2.24, 2.45) is 0 Å². The summed E-state index contributed by atoms with van der Waals surface area (Å²) in [7, 11) is 0. The number of β-lactam (4-membered cyclic amide) rings is 1. The van der Waals surface area contributed by atoms with Gasteiger partial charge < -0.3 is 20.9 Å². The molecule has 4 unspecified atom stereocenters. The third-order valence-electron chi connectivity index (χ3n) is 4.70. The molecule has 4 heterocycles. The first-order valence-electron chi connectivity index (χ1n) is 7.76. The monoisotopic (exact) mass is 411 g/mol. The van der Waals surface area contributed by atoms with Crippen molar-refractivity contribution in [3.05, 3.63) is 11.1 Å². The first-order valence-corrected chi connectivity index (χ1v) is 9.69. The van der Waals surface area contributed by atoms with E-state index in [4.69, 9.17) is 15.9 Å². The summed E-state index contributed by atoms with van der Waals surface area (Å²) in [5.41, 5.74) is 3.08. The SMILES string of the molecule is N=C(C(=O)NC1C(=O)N2C1CSC1CC(=O)OC12C(=O)O)c1csc(N)n1. The number of carbonyl (C=O) groups is 4. The van der Waals surface area contributed by atoms with Crippen molar-refractivity contribution in [2.45, 2.75) is 29.5 Å². The van der Waals surface area contributed by atoms with E-state index in [0.29, 0.717) is 5.75 Å². The molecule has 142 valence electrons. The number of nitrogens with one attached hydrogen (secondary N) is 2. The van der Waals surface area contributed by atoms with Gasteiger partial charge in [0.15, 0.2) is 5.13 Å². The van der Waals surface area contributed by atoms with Gasteiger partial charge in [0.2, 0.25) is 0 Å². The van der Waals surface area contributed by atoms with Gasteiger partial charge in [-0.25, -0.2) is 9.78 Å². The maximum absolute atomic E-state index is 12.6. The zero-order valence-corrected chi connectivity index (χ0v) is 15.1. The third-order valence-corrected chi connectivity index (χ3v) is 6.80. The number of nitrogens with zero attached hydrogens (tertiary/aromatic N) is 2. The number of nitrogen functional groups attached to an aromatic ring is 1. The van der Waals surface area contributed by atoms with Crippen LogP contribution in [0.3, 0.4) is 0 Å². The highest BCUT2D eigenvalue weighted by Gasteiger charge is 2.71. The van der Waals surface area contributed by atoms with Crippen LogP contribution < -0.4 is 11.1 Å². The number of carbonyl (C=O) groups excluding carboxylic acids is 3. The Bertz CT molecular complexity index is 902. The second kappa shape index (κ2) is 5.92. The minimum atomic E-state index is -2.04. The van der Waals surface area contributed by atoms with Crippen molar-refractivity contribution in [1.82, 2.24) is 15.2 Å². The standard InChI is InChI=1S/C14H13N5O6S2/c15-8(4-2-27-13(16)17-4)10(21)18-9-5-3-26-6-1-7(20)25-14(6,12(23)24)19(5)11(9)22/h2,5-6,9,15H,1,3H2,(H2,16,17)(H,18,21)(H,23,24). The fourth-order valence-corrected chi connectivity index (χ4v) is 5.53. The van der Waals surface area contributed by atoms with E-state index in [-0.39, 0.29) is 17.2 Å². The number of thioether (sulfide) groups is 1. The van der Waals surface area contributed by atoms with E-state index in [0.717, 1.165) is 16.2 Å². The number of aromatic nitrogens is 1. The fourth-order valence-electron chi connectivity index (χ4n) is 3.46. The fraction of sp³-hybridized carbons (Fsp3) is 0.429. The number of thiazole rings is 1. The molecule has 1 aromatic rings. The number of carboxylic acid groups (broad SMARTS) is 1. The van der Waals surface area contributed by atoms with Crippen molar-refractivity contribution in [3.63, 3.8) is 0 Å². The Balaban J connectivity index is 1.53. The van der Waals surface area contributed by atoms with Gasteiger partial charge in [0, 0.05) is 11.1 Å². The Kier molecular flexibility index (Phi) is 3.89. The van der Waals surface area contributed by atoms with Crippen LogP contribution in [0.15, 0.2) is 5.38 Å². The summed E-state index contributed by atoms with van der Waals surface area (Å²) in [5.74, 6) is -3.25. The maximum Gasteiger partial charge on any atom is 0.371 e. The number of nitrogens with two attached hydrogens (primary N) is 1. The number of hydrogen-bond donors (Lipinski definition) is 4. The van der Waals surface area contributed by atoms with Crippen LogP contribution in [0.25, 0.3) is 0 Å². The number of fused-ring (bicyclic) bond motifs is 3. The summed E-state index contributed by atoms with van der Waals surface area (Å²) in [4.78, 5) is 53.2. The van der Waals surface area contributed by atoms with Crippen LogP contribution in [0.2, 0.25) is 0 Å². The minimum Gasteiger partial charge on any atom is -0.477 e. The predicted octanol–water partition coefficient (Wildman–Crippen LogP) is -1.37. The van der Waals surface area contributed by atoms with Crippen LogP contribution in [-0.2, 0) is 23.9 Å². The molecule has 0 radical (unpaired) electrons. The number of rotatable bonds is 4. The second-order valence-electron chi connectivity index (χ2n) is 6.17. The van der Waals surface area contributed by atoms with Crippen molar-refractivity contribution in [1.29, 1.82) is 5.41 Å². The van der Waals surface area contributed by atoms with Crippen LogP contribution in [0.4, 0.5) is 5.13 Å². The van der Waals surface area contributed by atoms with Crippen LogP contribution >= 0.6 is 23.1 Å². The first-order chi connectivity index (χ1) is 12.8. The average molecular weight is 411 g/mol. The van der Waals surface area contributed by atoms with Crippen molar-refractivity contribution >= 4 is 57.7 Å². The zero-order valence-electron chi connectivity index (χ0n) is 13.5. The number of ether oxygens (including phenoxy) is 1. The largest absolute Gasteiger partial charge is 0.477 e. The number of amides is 2. The Morgan fingerprint density at radius 1 is 1.48 bits per heavy atom. The molecule has 3 aliphatic rings. The predicted molar refractivity (Wildman–Crippen MR) is 93.2 cm³/mol. The van der Waals surface area contributed by atoms with Gasteiger partial charge in [0.25, 0.3) is 17.5 Å². The molecule has 3 aliphatic heterocycles. The lowest BCUT2D eigenvalue weighted by Gasteiger charge is -2.56. The number of aliphatic carboxylic acids is 1. The molecule has 0 aliphatic carbocycles. The number of esters is 1. The third kappa shape index (κ3) is 2.41. The van der Waals surface area contributed by atoms with Gasteiger partial charge in [-0.3, -0.25) is 24.7 Å². The van der Waals surface area contributed by atoms with Crippen molar-refractivity contribution in [2.75, 3.05) is 11.5 Å². The van der Waals surface area contributed by atoms with Crippen LogP contribution in [0.1, 0.15) is 12.1 Å². The molecule has 0 bridgehead atoms. The maximum atomic E-state index is 12.6. The van der Waals surface area contributed by atoms with Gasteiger partial charge in [0.1, 0.15) is 17.4 Å². The summed E-state index contributed by atoms with van der Waals surface area (Å²) in [5, 5.41) is 20.9. The highest BCUT2D eigenvalue weighted by Crippen LogP contribution is 2.49. The van der Waals surface area contributed by atoms with Gasteiger partial charge in [-0.2, -0.15) is 0 Å². The molecule has 27 heavy (non-hydrogen) atoms. The van der Waals surface area contributed by atoms with E-state index in [1.165, 1.54) is 17.1 Å². The molecule has 11 nitrogen and oxygen atoms in total. The highest BCUT2D eigenvalue weighted by atomic mass is 32.2. The zero-order chi connectivity index (χ0) is 19.5. The lowest BCUT2D eigenvalue weighted by molar-refractivity contribution is -0.213. The molecular formula is C14H13N5O6S2. The van der Waals surface area contributed by atoms with E-state index < -0.39 is 52.5 Å². The Morgan fingerprint density at radius 3 is 2.85 bits per heavy atom. The van der Waals surface area contributed by atoms with E-state index in [2.05, 4.69) is 10.3 Å². The summed E-state index contributed by atoms with van der Waals surface area (Å²) in [6.07, 6.45) is -0.0968. The lowest BCUT2D eigenvalue weighted by Crippen LogP contribution is -2.82. The Labute approximate surface area is 159 Å². The van der Waals surface area contributed by atoms with E-state index in [9.17, 15) is 24.3 Å². The molecular weight excluding hydrogens is 398 g/mol. The van der Waals surface area contributed by atoms with Gasteiger partial charge >= 0.3 is 11.9 Å². The summed E-state index contributed by atoms with van der Waals surface area (Å²) in [6.45, 7) is 0. The first kappa shape index (κ1) is 17.7. The normalized spacial score (nSPS) is 31.4. The molecule has 3 fully saturated rings. The molecule has 3 saturated heterocycles.